The van der Waals surface area contributed by atoms with Crippen LogP contribution in [-0.2, 0) is 0 Å². The van der Waals surface area contributed by atoms with Crippen molar-refractivity contribution in [1.82, 2.24) is 4.98 Å². The molecule has 1 aromatic heterocycles. The van der Waals surface area contributed by atoms with Crippen LogP contribution >= 0.6 is 0 Å². The first-order valence-electron chi connectivity index (χ1n) is 4.90. The van der Waals surface area contributed by atoms with E-state index in [0.717, 1.165) is 12.1 Å². The molecule has 0 aliphatic heterocycles. The number of pyridine rings is 1. The van der Waals surface area contributed by atoms with Crippen LogP contribution in [0.15, 0.2) is 24.5 Å². The third-order valence-electron chi connectivity index (χ3n) is 2.26. The fourth-order valence-corrected chi connectivity index (χ4v) is 1.40. The lowest BCUT2D eigenvalue weighted by Gasteiger charge is -2.21. The van der Waals surface area contributed by atoms with Crippen molar-refractivity contribution in [3.63, 3.8) is 0 Å². The number of aromatic nitrogens is 1. The molecule has 1 N–H and O–H groups in total. The highest BCUT2D eigenvalue weighted by molar-refractivity contribution is 5.40. The lowest BCUT2D eigenvalue weighted by molar-refractivity contribution is 0.511. The summed E-state index contributed by atoms with van der Waals surface area (Å²) < 4.78 is 0. The molecule has 0 aliphatic carbocycles. The smallest absolute Gasteiger partial charge is 0.0528 e. The van der Waals surface area contributed by atoms with Gasteiger partial charge in [0.15, 0.2) is 0 Å². The van der Waals surface area contributed by atoms with Crippen LogP contribution in [0.3, 0.4) is 0 Å². The topological polar surface area (TPSA) is 24.9 Å². The molecule has 0 saturated carbocycles. The molecule has 0 bridgehead atoms. The normalized spacial score (nSPS) is 12.9. The molecule has 1 atom stereocenters. The van der Waals surface area contributed by atoms with E-state index in [2.05, 4.69) is 37.1 Å². The Kier molecular flexibility index (Phi) is 3.74. The molecule has 0 radical (unpaired) electrons. The van der Waals surface area contributed by atoms with Crippen molar-refractivity contribution in [2.45, 2.75) is 33.2 Å². The van der Waals surface area contributed by atoms with E-state index in [9.17, 15) is 0 Å². The fourth-order valence-electron chi connectivity index (χ4n) is 1.40. The molecule has 13 heavy (non-hydrogen) atoms. The van der Waals surface area contributed by atoms with Gasteiger partial charge in [-0.2, -0.15) is 0 Å². The fraction of sp³-hybridized carbons (Fsp3) is 0.545. The van der Waals surface area contributed by atoms with E-state index in [4.69, 9.17) is 0 Å². The Morgan fingerprint density at radius 1 is 1.46 bits per heavy atom. The third-order valence-corrected chi connectivity index (χ3v) is 2.26. The highest BCUT2D eigenvalue weighted by atomic mass is 14.9. The van der Waals surface area contributed by atoms with Crippen LogP contribution in [0, 0.1) is 5.92 Å². The molecule has 0 saturated heterocycles. The van der Waals surface area contributed by atoms with Gasteiger partial charge in [0.05, 0.1) is 5.69 Å². The van der Waals surface area contributed by atoms with Gasteiger partial charge in [0.2, 0.25) is 0 Å². The molecule has 0 unspecified atom stereocenters. The first-order chi connectivity index (χ1) is 6.24. The lowest BCUT2D eigenvalue weighted by atomic mass is 10.0. The van der Waals surface area contributed by atoms with Crippen molar-refractivity contribution in [3.05, 3.63) is 24.5 Å². The van der Waals surface area contributed by atoms with Crippen LogP contribution < -0.4 is 5.32 Å². The van der Waals surface area contributed by atoms with Crippen LogP contribution in [0.4, 0.5) is 5.69 Å². The number of nitrogens with one attached hydrogen (secondary N) is 1. The number of hydrogen-bond acceptors (Lipinski definition) is 2. The van der Waals surface area contributed by atoms with Gasteiger partial charge in [-0.05, 0) is 24.5 Å². The van der Waals surface area contributed by atoms with Gasteiger partial charge in [-0.25, -0.2) is 0 Å². The molecule has 0 fully saturated rings. The Bertz CT molecular complexity index is 231. The first kappa shape index (κ1) is 10.0. The molecule has 0 spiro atoms. The summed E-state index contributed by atoms with van der Waals surface area (Å²) in [5, 5.41) is 3.47. The Balaban J connectivity index is 2.57. The van der Waals surface area contributed by atoms with Crippen molar-refractivity contribution >= 4 is 5.69 Å². The second-order valence-corrected chi connectivity index (χ2v) is 3.64. The highest BCUT2D eigenvalue weighted by Crippen LogP contribution is 2.13. The minimum atomic E-state index is 0.546. The van der Waals surface area contributed by atoms with Gasteiger partial charge in [0, 0.05) is 18.4 Å². The van der Waals surface area contributed by atoms with E-state index in [0.29, 0.717) is 12.0 Å². The lowest BCUT2D eigenvalue weighted by Crippen LogP contribution is -2.24. The quantitative estimate of drug-likeness (QED) is 0.766. The molecule has 0 amide bonds. The molecular formula is C11H18N2. The third kappa shape index (κ3) is 3.05. The zero-order chi connectivity index (χ0) is 9.68. The van der Waals surface area contributed by atoms with Gasteiger partial charge >= 0.3 is 0 Å². The van der Waals surface area contributed by atoms with E-state index >= 15 is 0 Å². The van der Waals surface area contributed by atoms with Crippen LogP contribution in [-0.4, -0.2) is 11.0 Å². The minimum Gasteiger partial charge on any atom is -0.381 e. The SMILES string of the molecule is CC[C@@H](Nc1cccnc1)C(C)C. The van der Waals surface area contributed by atoms with Crippen molar-refractivity contribution in [2.24, 2.45) is 5.92 Å². The van der Waals surface area contributed by atoms with E-state index < -0.39 is 0 Å². The van der Waals surface area contributed by atoms with E-state index in [1.807, 2.05) is 12.3 Å². The monoisotopic (exact) mass is 178 g/mol. The maximum atomic E-state index is 4.07. The number of rotatable bonds is 4. The predicted octanol–water partition coefficient (Wildman–Crippen LogP) is 2.93. The van der Waals surface area contributed by atoms with Crippen LogP contribution in [0.5, 0.6) is 0 Å². The van der Waals surface area contributed by atoms with E-state index in [-0.39, 0.29) is 0 Å². The molecule has 72 valence electrons. The van der Waals surface area contributed by atoms with E-state index in [1.54, 1.807) is 6.20 Å². The maximum Gasteiger partial charge on any atom is 0.0528 e. The summed E-state index contributed by atoms with van der Waals surface area (Å²) in [7, 11) is 0. The van der Waals surface area contributed by atoms with Gasteiger partial charge in [-0.15, -0.1) is 0 Å². The van der Waals surface area contributed by atoms with Crippen molar-refractivity contribution in [3.8, 4) is 0 Å². The highest BCUT2D eigenvalue weighted by Gasteiger charge is 2.09. The molecule has 2 nitrogen and oxygen atoms in total. The second-order valence-electron chi connectivity index (χ2n) is 3.64. The predicted molar refractivity (Wildman–Crippen MR) is 56.8 cm³/mol. The number of anilines is 1. The standard InChI is InChI=1S/C11H18N2/c1-4-11(9(2)3)13-10-6-5-7-12-8-10/h5-9,11,13H,4H2,1-3H3/t11-/m1/s1. The van der Waals surface area contributed by atoms with Gasteiger partial charge in [0.1, 0.15) is 0 Å². The molecule has 0 aromatic carbocycles. The van der Waals surface area contributed by atoms with Crippen molar-refractivity contribution in [1.29, 1.82) is 0 Å². The summed E-state index contributed by atoms with van der Waals surface area (Å²) in [5.41, 5.74) is 1.11. The zero-order valence-corrected chi connectivity index (χ0v) is 8.62. The maximum absolute atomic E-state index is 4.07. The van der Waals surface area contributed by atoms with E-state index in [1.165, 1.54) is 0 Å². The largest absolute Gasteiger partial charge is 0.381 e. The van der Waals surface area contributed by atoms with Crippen LogP contribution in [0.1, 0.15) is 27.2 Å². The number of nitrogens with zero attached hydrogens (tertiary/aromatic N) is 1. The van der Waals surface area contributed by atoms with Crippen LogP contribution in [0.25, 0.3) is 0 Å². The molecule has 1 rings (SSSR count). The summed E-state index contributed by atoms with van der Waals surface area (Å²) in [4.78, 5) is 4.07. The van der Waals surface area contributed by atoms with Gasteiger partial charge < -0.3 is 5.32 Å². The molecular weight excluding hydrogens is 160 g/mol. The second kappa shape index (κ2) is 4.85. The van der Waals surface area contributed by atoms with Gasteiger partial charge in [-0.3, -0.25) is 4.98 Å². The Morgan fingerprint density at radius 3 is 2.69 bits per heavy atom. The Hall–Kier alpha value is -1.05. The molecule has 0 aliphatic rings. The van der Waals surface area contributed by atoms with Gasteiger partial charge in [0.25, 0.3) is 0 Å². The summed E-state index contributed by atoms with van der Waals surface area (Å²) in [6, 6.07) is 4.55. The summed E-state index contributed by atoms with van der Waals surface area (Å²) in [6.07, 6.45) is 4.80. The van der Waals surface area contributed by atoms with Gasteiger partial charge in [-0.1, -0.05) is 20.8 Å². The minimum absolute atomic E-state index is 0.546. The zero-order valence-electron chi connectivity index (χ0n) is 8.62. The average molecular weight is 178 g/mol. The summed E-state index contributed by atoms with van der Waals surface area (Å²) in [6.45, 7) is 6.67. The first-order valence-corrected chi connectivity index (χ1v) is 4.90. The summed E-state index contributed by atoms with van der Waals surface area (Å²) >= 11 is 0. The van der Waals surface area contributed by atoms with Crippen LogP contribution in [0.2, 0.25) is 0 Å². The van der Waals surface area contributed by atoms with Crippen molar-refractivity contribution in [2.75, 3.05) is 5.32 Å². The Morgan fingerprint density at radius 2 is 2.23 bits per heavy atom. The number of hydrogen-bond donors (Lipinski definition) is 1. The van der Waals surface area contributed by atoms with Crippen molar-refractivity contribution < 1.29 is 0 Å². The molecule has 1 heterocycles. The summed E-state index contributed by atoms with van der Waals surface area (Å²) in [5.74, 6) is 0.658. The molecule has 1 aromatic rings. The average Bonchev–Trinajstić information content (AvgIpc) is 2.15. The Labute approximate surface area is 80.4 Å². The molecule has 2 heteroatoms.